The summed E-state index contributed by atoms with van der Waals surface area (Å²) in [6.45, 7) is 6.15. The first kappa shape index (κ1) is 10.6. The van der Waals surface area contributed by atoms with Crippen molar-refractivity contribution < 1.29 is 9.26 Å². The van der Waals surface area contributed by atoms with Gasteiger partial charge in [0, 0.05) is 32.2 Å². The average molecular weight is 211 g/mol. The Morgan fingerprint density at radius 3 is 3.27 bits per heavy atom. The molecular formula is C10H17N3O2. The Morgan fingerprint density at radius 1 is 1.67 bits per heavy atom. The molecule has 1 unspecified atom stereocenters. The van der Waals surface area contributed by atoms with Gasteiger partial charge in [-0.05, 0) is 6.92 Å². The maximum absolute atomic E-state index is 5.55. The minimum Gasteiger partial charge on any atom is -0.374 e. The third kappa shape index (κ3) is 3.30. The second-order valence-corrected chi connectivity index (χ2v) is 3.76. The van der Waals surface area contributed by atoms with E-state index in [1.54, 1.807) is 0 Å². The summed E-state index contributed by atoms with van der Waals surface area (Å²) in [7, 11) is 0. The van der Waals surface area contributed by atoms with E-state index in [9.17, 15) is 0 Å². The fourth-order valence-corrected chi connectivity index (χ4v) is 1.61. The van der Waals surface area contributed by atoms with Gasteiger partial charge in [0.05, 0.1) is 18.4 Å². The summed E-state index contributed by atoms with van der Waals surface area (Å²) < 4.78 is 10.5. The third-order valence-corrected chi connectivity index (χ3v) is 2.36. The lowest BCUT2D eigenvalue weighted by Gasteiger charge is -2.23. The zero-order chi connectivity index (χ0) is 10.5. The van der Waals surface area contributed by atoms with Crippen LogP contribution in [-0.2, 0) is 11.3 Å². The molecule has 1 aliphatic rings. The van der Waals surface area contributed by atoms with Crippen LogP contribution in [0.25, 0.3) is 0 Å². The first-order valence-electron chi connectivity index (χ1n) is 5.30. The Hall–Kier alpha value is -0.910. The number of hydrogen-bond donors (Lipinski definition) is 2. The normalized spacial score (nSPS) is 21.8. The number of aromatic nitrogens is 1. The highest BCUT2D eigenvalue weighted by Gasteiger charge is 2.12. The van der Waals surface area contributed by atoms with Crippen LogP contribution in [0.15, 0.2) is 10.6 Å². The zero-order valence-electron chi connectivity index (χ0n) is 8.95. The molecule has 1 aromatic rings. The maximum Gasteiger partial charge on any atom is 0.133 e. The van der Waals surface area contributed by atoms with E-state index in [1.807, 2.05) is 13.0 Å². The molecule has 0 spiro atoms. The molecule has 0 bridgehead atoms. The van der Waals surface area contributed by atoms with Gasteiger partial charge in [-0.25, -0.2) is 0 Å². The number of hydrogen-bond acceptors (Lipinski definition) is 5. The van der Waals surface area contributed by atoms with E-state index in [0.29, 0.717) is 0 Å². The van der Waals surface area contributed by atoms with Gasteiger partial charge in [-0.3, -0.25) is 0 Å². The highest BCUT2D eigenvalue weighted by atomic mass is 16.5. The molecular weight excluding hydrogens is 194 g/mol. The van der Waals surface area contributed by atoms with E-state index in [-0.39, 0.29) is 6.10 Å². The van der Waals surface area contributed by atoms with Crippen molar-refractivity contribution in [2.45, 2.75) is 19.6 Å². The van der Waals surface area contributed by atoms with Crippen molar-refractivity contribution in [3.63, 3.8) is 0 Å². The lowest BCUT2D eigenvalue weighted by molar-refractivity contribution is 0.0290. The predicted molar refractivity (Wildman–Crippen MR) is 55.6 cm³/mol. The Bertz CT molecular complexity index is 295. The molecule has 15 heavy (non-hydrogen) atoms. The lowest BCUT2D eigenvalue weighted by atomic mass is 10.3. The topological polar surface area (TPSA) is 59.3 Å². The van der Waals surface area contributed by atoms with Gasteiger partial charge in [-0.2, -0.15) is 0 Å². The van der Waals surface area contributed by atoms with E-state index in [4.69, 9.17) is 9.26 Å². The summed E-state index contributed by atoms with van der Waals surface area (Å²) in [6, 6.07) is 1.94. The van der Waals surface area contributed by atoms with Crippen molar-refractivity contribution in [2.24, 2.45) is 0 Å². The van der Waals surface area contributed by atoms with E-state index >= 15 is 0 Å². The standard InChI is InChI=1S/C10H17N3O2/c1-8-4-9(13-15-8)5-12-7-10-6-11-2-3-14-10/h4,10-12H,2-3,5-7H2,1H3. The van der Waals surface area contributed by atoms with E-state index in [2.05, 4.69) is 15.8 Å². The van der Waals surface area contributed by atoms with Gasteiger partial charge in [-0.1, -0.05) is 5.16 Å². The van der Waals surface area contributed by atoms with Crippen LogP contribution in [0, 0.1) is 6.92 Å². The van der Waals surface area contributed by atoms with E-state index < -0.39 is 0 Å². The fraction of sp³-hybridized carbons (Fsp3) is 0.700. The molecule has 1 aliphatic heterocycles. The number of nitrogens with one attached hydrogen (secondary N) is 2. The molecule has 2 rings (SSSR count). The quantitative estimate of drug-likeness (QED) is 0.737. The number of ether oxygens (including phenoxy) is 1. The van der Waals surface area contributed by atoms with Crippen LogP contribution in [-0.4, -0.2) is 37.5 Å². The molecule has 2 N–H and O–H groups in total. The smallest absolute Gasteiger partial charge is 0.133 e. The van der Waals surface area contributed by atoms with Gasteiger partial charge in [0.25, 0.3) is 0 Å². The van der Waals surface area contributed by atoms with Crippen LogP contribution in [0.2, 0.25) is 0 Å². The first-order valence-corrected chi connectivity index (χ1v) is 5.30. The van der Waals surface area contributed by atoms with Gasteiger partial charge >= 0.3 is 0 Å². The van der Waals surface area contributed by atoms with Crippen molar-refractivity contribution >= 4 is 0 Å². The van der Waals surface area contributed by atoms with Crippen molar-refractivity contribution in [1.82, 2.24) is 15.8 Å². The van der Waals surface area contributed by atoms with Gasteiger partial charge in [0.1, 0.15) is 5.76 Å². The maximum atomic E-state index is 5.55. The van der Waals surface area contributed by atoms with Crippen LogP contribution in [0.3, 0.4) is 0 Å². The highest BCUT2D eigenvalue weighted by molar-refractivity contribution is 5.02. The molecule has 2 heterocycles. The molecule has 0 radical (unpaired) electrons. The summed E-state index contributed by atoms with van der Waals surface area (Å²) in [4.78, 5) is 0. The number of aryl methyl sites for hydroxylation is 1. The van der Waals surface area contributed by atoms with Crippen LogP contribution < -0.4 is 10.6 Å². The molecule has 1 aromatic heterocycles. The molecule has 0 aromatic carbocycles. The molecule has 1 saturated heterocycles. The fourth-order valence-electron chi connectivity index (χ4n) is 1.61. The molecule has 1 fully saturated rings. The predicted octanol–water partition coefficient (Wildman–Crippen LogP) is 0.0610. The van der Waals surface area contributed by atoms with Crippen LogP contribution in [0.5, 0.6) is 0 Å². The first-order chi connectivity index (χ1) is 7.34. The Morgan fingerprint density at radius 2 is 2.60 bits per heavy atom. The Balaban J connectivity index is 1.65. The van der Waals surface area contributed by atoms with Crippen molar-refractivity contribution in [1.29, 1.82) is 0 Å². The molecule has 5 nitrogen and oxygen atoms in total. The van der Waals surface area contributed by atoms with Gasteiger partial charge in [-0.15, -0.1) is 0 Å². The van der Waals surface area contributed by atoms with E-state index in [1.165, 1.54) is 0 Å². The van der Waals surface area contributed by atoms with E-state index in [0.717, 1.165) is 44.2 Å². The summed E-state index contributed by atoms with van der Waals surface area (Å²) in [5, 5.41) is 10.5. The average Bonchev–Trinajstić information content (AvgIpc) is 2.66. The highest BCUT2D eigenvalue weighted by Crippen LogP contribution is 2.01. The van der Waals surface area contributed by atoms with Crippen LogP contribution in [0.1, 0.15) is 11.5 Å². The summed E-state index contributed by atoms with van der Waals surface area (Å²) in [6.07, 6.45) is 0.270. The SMILES string of the molecule is Cc1cc(CNCC2CNCCO2)no1. The molecule has 5 heteroatoms. The van der Waals surface area contributed by atoms with Gasteiger partial charge in [0.2, 0.25) is 0 Å². The second kappa shape index (κ2) is 5.25. The van der Waals surface area contributed by atoms with Crippen LogP contribution >= 0.6 is 0 Å². The Kier molecular flexibility index (Phi) is 3.71. The molecule has 1 atom stereocenters. The number of morpholine rings is 1. The minimum absolute atomic E-state index is 0.270. The molecule has 84 valence electrons. The molecule has 0 saturated carbocycles. The summed E-state index contributed by atoms with van der Waals surface area (Å²) in [5.74, 6) is 0.849. The van der Waals surface area contributed by atoms with Crippen molar-refractivity contribution in [3.8, 4) is 0 Å². The van der Waals surface area contributed by atoms with Crippen molar-refractivity contribution in [3.05, 3.63) is 17.5 Å². The van der Waals surface area contributed by atoms with Crippen molar-refractivity contribution in [2.75, 3.05) is 26.2 Å². The second-order valence-electron chi connectivity index (χ2n) is 3.76. The zero-order valence-corrected chi connectivity index (χ0v) is 8.95. The lowest BCUT2D eigenvalue weighted by Crippen LogP contribution is -2.43. The largest absolute Gasteiger partial charge is 0.374 e. The molecule has 0 aliphatic carbocycles. The Labute approximate surface area is 89.2 Å². The van der Waals surface area contributed by atoms with Gasteiger partial charge in [0.15, 0.2) is 0 Å². The monoisotopic (exact) mass is 211 g/mol. The summed E-state index contributed by atoms with van der Waals surface area (Å²) >= 11 is 0. The number of nitrogens with zero attached hydrogens (tertiary/aromatic N) is 1. The minimum atomic E-state index is 0.270. The van der Waals surface area contributed by atoms with Gasteiger partial charge < -0.3 is 19.9 Å². The molecule has 0 amide bonds. The summed E-state index contributed by atoms with van der Waals surface area (Å²) in [5.41, 5.74) is 0.941. The third-order valence-electron chi connectivity index (χ3n) is 2.36. The number of rotatable bonds is 4. The van der Waals surface area contributed by atoms with Crippen LogP contribution in [0.4, 0.5) is 0 Å².